The van der Waals surface area contributed by atoms with E-state index >= 15 is 0 Å². The van der Waals surface area contributed by atoms with Gasteiger partial charge >= 0.3 is 0 Å². The van der Waals surface area contributed by atoms with Crippen LogP contribution in [0.15, 0.2) is 91.1 Å². The van der Waals surface area contributed by atoms with Crippen LogP contribution in [0, 0.1) is 0 Å². The third-order valence-electron chi connectivity index (χ3n) is 5.70. The van der Waals surface area contributed by atoms with Gasteiger partial charge in [-0.25, -0.2) is 4.98 Å². The summed E-state index contributed by atoms with van der Waals surface area (Å²) in [6, 6.07) is 29.5. The Kier molecular flexibility index (Phi) is 5.08. The highest BCUT2D eigenvalue weighted by Crippen LogP contribution is 2.37. The molecule has 4 aromatic rings. The van der Waals surface area contributed by atoms with Crippen LogP contribution < -0.4 is 15.0 Å². The van der Waals surface area contributed by atoms with Crippen molar-refractivity contribution in [1.29, 1.82) is 0 Å². The molecule has 3 aromatic carbocycles. The van der Waals surface area contributed by atoms with Crippen LogP contribution in [0.2, 0.25) is 0 Å². The number of nitrogens with one attached hydrogen (secondary N) is 1. The van der Waals surface area contributed by atoms with Gasteiger partial charge in [0, 0.05) is 18.8 Å². The number of para-hydroxylation sites is 2. The Hall–Kier alpha value is -3.37. The van der Waals surface area contributed by atoms with E-state index in [1.54, 1.807) is 0 Å². The average Bonchev–Trinajstić information content (AvgIpc) is 2.82. The van der Waals surface area contributed by atoms with E-state index in [0.717, 1.165) is 30.3 Å². The summed E-state index contributed by atoms with van der Waals surface area (Å²) in [4.78, 5) is 6.81. The second-order valence-electron chi connectivity index (χ2n) is 7.70. The van der Waals surface area contributed by atoms with Crippen molar-refractivity contribution >= 4 is 22.3 Å². The average molecular weight is 396 g/mol. The first-order valence-corrected chi connectivity index (χ1v) is 10.4. The van der Waals surface area contributed by atoms with Crippen molar-refractivity contribution < 1.29 is 4.74 Å². The molecule has 4 heteroatoms. The molecule has 1 aliphatic heterocycles. The maximum absolute atomic E-state index is 6.33. The topological polar surface area (TPSA) is 37.4 Å². The minimum absolute atomic E-state index is 0.0272. The molecule has 1 aromatic heterocycles. The largest absolute Gasteiger partial charge is 0.485 e. The predicted molar refractivity (Wildman–Crippen MR) is 122 cm³/mol. The molecule has 0 aliphatic carbocycles. The van der Waals surface area contributed by atoms with Crippen molar-refractivity contribution in [2.75, 3.05) is 18.0 Å². The molecule has 1 N–H and O–H groups in total. The first-order valence-electron chi connectivity index (χ1n) is 10.4. The lowest BCUT2D eigenvalue weighted by Gasteiger charge is -2.36. The van der Waals surface area contributed by atoms with Crippen LogP contribution in [-0.4, -0.2) is 24.2 Å². The zero-order valence-electron chi connectivity index (χ0n) is 17.0. The quantitative estimate of drug-likeness (QED) is 0.485. The number of hydrogen-bond donors (Lipinski definition) is 1. The van der Waals surface area contributed by atoms with Crippen molar-refractivity contribution in [2.24, 2.45) is 0 Å². The van der Waals surface area contributed by atoms with Crippen LogP contribution in [0.5, 0.6) is 5.75 Å². The third kappa shape index (κ3) is 3.62. The van der Waals surface area contributed by atoms with E-state index < -0.39 is 0 Å². The summed E-state index contributed by atoms with van der Waals surface area (Å²) >= 11 is 0. The van der Waals surface area contributed by atoms with Crippen LogP contribution in [-0.2, 0) is 0 Å². The lowest BCUT2D eigenvalue weighted by molar-refractivity contribution is 0.190. The fraction of sp³-hybridized carbons (Fsp3) is 0.192. The second kappa shape index (κ2) is 8.17. The van der Waals surface area contributed by atoms with Gasteiger partial charge in [0.2, 0.25) is 0 Å². The number of hydrogen-bond acceptors (Lipinski definition) is 4. The Bertz CT molecular complexity index is 1140. The third-order valence-corrected chi connectivity index (χ3v) is 5.70. The summed E-state index contributed by atoms with van der Waals surface area (Å²) in [5.74, 6) is 1.85. The minimum atomic E-state index is 0.0272. The molecule has 4 nitrogen and oxygen atoms in total. The van der Waals surface area contributed by atoms with Crippen LogP contribution in [0.4, 0.5) is 11.5 Å². The number of anilines is 2. The molecule has 0 saturated carbocycles. The van der Waals surface area contributed by atoms with E-state index in [0.29, 0.717) is 0 Å². The number of nitrogens with zero attached hydrogens (tertiary/aromatic N) is 2. The predicted octanol–water partition coefficient (Wildman–Crippen LogP) is 5.48. The molecule has 2 heterocycles. The van der Waals surface area contributed by atoms with Gasteiger partial charge in [0.1, 0.15) is 17.7 Å². The van der Waals surface area contributed by atoms with Crippen molar-refractivity contribution in [2.45, 2.75) is 19.1 Å². The highest BCUT2D eigenvalue weighted by atomic mass is 16.5. The van der Waals surface area contributed by atoms with Crippen molar-refractivity contribution in [1.82, 2.24) is 10.3 Å². The van der Waals surface area contributed by atoms with Gasteiger partial charge < -0.3 is 15.0 Å². The molecule has 30 heavy (non-hydrogen) atoms. The zero-order chi connectivity index (χ0) is 20.3. The van der Waals surface area contributed by atoms with Gasteiger partial charge in [-0.15, -0.1) is 0 Å². The first-order chi connectivity index (χ1) is 14.8. The Morgan fingerprint density at radius 1 is 0.967 bits per heavy atom. The molecule has 2 unspecified atom stereocenters. The summed E-state index contributed by atoms with van der Waals surface area (Å²) in [5.41, 5.74) is 2.38. The normalized spacial score (nSPS) is 16.7. The molecule has 1 aliphatic rings. The first kappa shape index (κ1) is 18.6. The molecular weight excluding hydrogens is 370 g/mol. The van der Waals surface area contributed by atoms with Crippen LogP contribution >= 0.6 is 0 Å². The number of benzene rings is 3. The maximum atomic E-state index is 6.33. The van der Waals surface area contributed by atoms with Crippen molar-refractivity contribution in [3.05, 3.63) is 96.7 Å². The SMILES string of the molecule is CC(NCC1CN(c2ccccn2)c2ccccc2O1)c1cccc2ccccc12. The van der Waals surface area contributed by atoms with Crippen molar-refractivity contribution in [3.8, 4) is 5.75 Å². The molecule has 2 atom stereocenters. The Labute approximate surface area is 177 Å². The van der Waals surface area contributed by atoms with Gasteiger partial charge in [-0.1, -0.05) is 60.7 Å². The highest BCUT2D eigenvalue weighted by molar-refractivity contribution is 5.86. The summed E-state index contributed by atoms with van der Waals surface area (Å²) in [6.07, 6.45) is 1.86. The number of aromatic nitrogens is 1. The van der Waals surface area contributed by atoms with E-state index in [9.17, 15) is 0 Å². The number of ether oxygens (including phenoxy) is 1. The van der Waals surface area contributed by atoms with Crippen LogP contribution in [0.25, 0.3) is 10.8 Å². The molecule has 5 rings (SSSR count). The summed E-state index contributed by atoms with van der Waals surface area (Å²) in [7, 11) is 0. The van der Waals surface area contributed by atoms with Gasteiger partial charge in [-0.3, -0.25) is 0 Å². The summed E-state index contributed by atoms with van der Waals surface area (Å²) < 4.78 is 6.33. The number of pyridine rings is 1. The minimum Gasteiger partial charge on any atom is -0.485 e. The van der Waals surface area contributed by atoms with Gasteiger partial charge in [0.15, 0.2) is 0 Å². The Morgan fingerprint density at radius 2 is 1.77 bits per heavy atom. The Balaban J connectivity index is 1.35. The van der Waals surface area contributed by atoms with Crippen LogP contribution in [0.1, 0.15) is 18.5 Å². The zero-order valence-corrected chi connectivity index (χ0v) is 17.0. The molecule has 150 valence electrons. The van der Waals surface area contributed by atoms with E-state index in [2.05, 4.69) is 70.7 Å². The molecule has 0 spiro atoms. The molecule has 0 amide bonds. The standard InChI is InChI=1S/C26H25N3O/c1-19(22-12-8-10-20-9-2-3-11-23(20)22)28-17-21-18-29(26-15-6-7-16-27-26)24-13-4-5-14-25(24)30-21/h2-16,19,21,28H,17-18H2,1H3. The van der Waals surface area contributed by atoms with E-state index in [1.807, 2.05) is 42.6 Å². The van der Waals surface area contributed by atoms with Gasteiger partial charge in [-0.2, -0.15) is 0 Å². The molecule has 0 saturated heterocycles. The fourth-order valence-corrected chi connectivity index (χ4v) is 4.18. The van der Waals surface area contributed by atoms with E-state index in [1.165, 1.54) is 16.3 Å². The van der Waals surface area contributed by atoms with Crippen LogP contribution in [0.3, 0.4) is 0 Å². The molecule has 0 bridgehead atoms. The molecular formula is C26H25N3O. The highest BCUT2D eigenvalue weighted by Gasteiger charge is 2.27. The smallest absolute Gasteiger partial charge is 0.143 e. The number of rotatable bonds is 5. The molecule has 0 radical (unpaired) electrons. The van der Waals surface area contributed by atoms with Crippen molar-refractivity contribution in [3.63, 3.8) is 0 Å². The van der Waals surface area contributed by atoms with E-state index in [4.69, 9.17) is 4.74 Å². The maximum Gasteiger partial charge on any atom is 0.143 e. The summed E-state index contributed by atoms with van der Waals surface area (Å²) in [6.45, 7) is 3.72. The molecule has 0 fully saturated rings. The fourth-order valence-electron chi connectivity index (χ4n) is 4.18. The van der Waals surface area contributed by atoms with Gasteiger partial charge in [-0.05, 0) is 47.5 Å². The van der Waals surface area contributed by atoms with Gasteiger partial charge in [0.05, 0.1) is 12.2 Å². The Morgan fingerprint density at radius 3 is 2.67 bits per heavy atom. The number of fused-ring (bicyclic) bond motifs is 2. The summed E-state index contributed by atoms with van der Waals surface area (Å²) in [5, 5.41) is 6.26. The van der Waals surface area contributed by atoms with Gasteiger partial charge in [0.25, 0.3) is 0 Å². The lowest BCUT2D eigenvalue weighted by atomic mass is 9.99. The monoisotopic (exact) mass is 395 g/mol. The second-order valence-corrected chi connectivity index (χ2v) is 7.70. The lowest BCUT2D eigenvalue weighted by Crippen LogP contribution is -2.44. The van der Waals surface area contributed by atoms with E-state index in [-0.39, 0.29) is 12.1 Å².